The lowest BCUT2D eigenvalue weighted by atomic mass is 10.3. The standard InChI is InChI=1S/C8H11N3O2/c1-2-13-11-8(12)7-6(9)4-3-5-10-7/h3-5H,2,9H2,1H3,(H,11,12). The van der Waals surface area contributed by atoms with Crippen molar-refractivity contribution in [2.24, 2.45) is 0 Å². The van der Waals surface area contributed by atoms with Gasteiger partial charge in [0, 0.05) is 6.20 Å². The maximum Gasteiger partial charge on any atom is 0.295 e. The molecule has 0 saturated carbocycles. The lowest BCUT2D eigenvalue weighted by molar-refractivity contribution is 0.0361. The third-order valence-electron chi connectivity index (χ3n) is 1.36. The smallest absolute Gasteiger partial charge is 0.295 e. The summed E-state index contributed by atoms with van der Waals surface area (Å²) in [6.07, 6.45) is 1.50. The molecule has 1 heterocycles. The van der Waals surface area contributed by atoms with Gasteiger partial charge in [-0.2, -0.15) is 0 Å². The van der Waals surface area contributed by atoms with Crippen molar-refractivity contribution in [2.75, 3.05) is 12.3 Å². The minimum Gasteiger partial charge on any atom is -0.397 e. The van der Waals surface area contributed by atoms with Crippen LogP contribution in [0.4, 0.5) is 5.69 Å². The normalized spacial score (nSPS) is 9.62. The van der Waals surface area contributed by atoms with E-state index in [1.54, 1.807) is 19.1 Å². The molecule has 1 amide bonds. The van der Waals surface area contributed by atoms with E-state index in [9.17, 15) is 4.79 Å². The first-order chi connectivity index (χ1) is 6.25. The van der Waals surface area contributed by atoms with Gasteiger partial charge in [-0.05, 0) is 19.1 Å². The lowest BCUT2D eigenvalue weighted by Crippen LogP contribution is -2.25. The van der Waals surface area contributed by atoms with Gasteiger partial charge < -0.3 is 5.73 Å². The molecule has 3 N–H and O–H groups in total. The number of carbonyl (C=O) groups is 1. The van der Waals surface area contributed by atoms with E-state index in [1.807, 2.05) is 0 Å². The predicted molar refractivity (Wildman–Crippen MR) is 47.7 cm³/mol. The SMILES string of the molecule is CCONC(=O)c1ncccc1N. The van der Waals surface area contributed by atoms with Gasteiger partial charge >= 0.3 is 0 Å². The number of nitrogens with one attached hydrogen (secondary N) is 1. The molecular weight excluding hydrogens is 170 g/mol. The Balaban J connectivity index is 2.71. The zero-order valence-corrected chi connectivity index (χ0v) is 7.28. The number of amides is 1. The third-order valence-corrected chi connectivity index (χ3v) is 1.36. The number of pyridine rings is 1. The first-order valence-electron chi connectivity index (χ1n) is 3.88. The van der Waals surface area contributed by atoms with E-state index in [2.05, 4.69) is 10.5 Å². The molecule has 5 heteroatoms. The Hall–Kier alpha value is -1.62. The van der Waals surface area contributed by atoms with E-state index >= 15 is 0 Å². The average molecular weight is 181 g/mol. The van der Waals surface area contributed by atoms with Crippen molar-refractivity contribution < 1.29 is 9.63 Å². The fourth-order valence-electron chi connectivity index (χ4n) is 0.794. The summed E-state index contributed by atoms with van der Waals surface area (Å²) in [5.74, 6) is -0.431. The number of carbonyl (C=O) groups excluding carboxylic acids is 1. The molecule has 0 aliphatic heterocycles. The molecule has 0 radical (unpaired) electrons. The number of nitrogens with zero attached hydrogens (tertiary/aromatic N) is 1. The minimum absolute atomic E-state index is 0.177. The number of anilines is 1. The Labute approximate surface area is 75.9 Å². The van der Waals surface area contributed by atoms with Crippen LogP contribution in [0.2, 0.25) is 0 Å². The van der Waals surface area contributed by atoms with Gasteiger partial charge in [0.1, 0.15) is 0 Å². The summed E-state index contributed by atoms with van der Waals surface area (Å²) in [6, 6.07) is 3.26. The van der Waals surface area contributed by atoms with Crippen LogP contribution in [0.1, 0.15) is 17.4 Å². The van der Waals surface area contributed by atoms with Gasteiger partial charge in [0.15, 0.2) is 5.69 Å². The van der Waals surface area contributed by atoms with Crippen molar-refractivity contribution in [2.45, 2.75) is 6.92 Å². The summed E-state index contributed by atoms with van der Waals surface area (Å²) in [7, 11) is 0. The molecule has 13 heavy (non-hydrogen) atoms. The van der Waals surface area contributed by atoms with Crippen molar-refractivity contribution >= 4 is 11.6 Å². The van der Waals surface area contributed by atoms with Crippen molar-refractivity contribution in [1.82, 2.24) is 10.5 Å². The second-order valence-electron chi connectivity index (χ2n) is 2.31. The number of aromatic nitrogens is 1. The molecule has 0 atom stereocenters. The monoisotopic (exact) mass is 181 g/mol. The van der Waals surface area contributed by atoms with Crippen molar-refractivity contribution in [3.8, 4) is 0 Å². The molecule has 0 bridgehead atoms. The highest BCUT2D eigenvalue weighted by molar-refractivity contribution is 5.96. The quantitative estimate of drug-likeness (QED) is 0.659. The van der Waals surface area contributed by atoms with Crippen LogP contribution in [0.5, 0.6) is 0 Å². The van der Waals surface area contributed by atoms with Gasteiger partial charge in [0.25, 0.3) is 5.91 Å². The van der Waals surface area contributed by atoms with E-state index in [0.717, 1.165) is 0 Å². The van der Waals surface area contributed by atoms with E-state index in [4.69, 9.17) is 10.6 Å². The van der Waals surface area contributed by atoms with Crippen LogP contribution in [0.15, 0.2) is 18.3 Å². The van der Waals surface area contributed by atoms with Crippen LogP contribution in [0, 0.1) is 0 Å². The molecule has 1 aromatic rings. The highest BCUT2D eigenvalue weighted by atomic mass is 16.6. The third kappa shape index (κ3) is 2.41. The van der Waals surface area contributed by atoms with Crippen LogP contribution in [-0.4, -0.2) is 17.5 Å². The number of hydrogen-bond acceptors (Lipinski definition) is 4. The molecule has 0 spiro atoms. The Morgan fingerprint density at radius 1 is 1.77 bits per heavy atom. The fourth-order valence-corrected chi connectivity index (χ4v) is 0.794. The Kier molecular flexibility index (Phi) is 3.22. The van der Waals surface area contributed by atoms with E-state index < -0.39 is 5.91 Å². The van der Waals surface area contributed by atoms with Crippen molar-refractivity contribution in [1.29, 1.82) is 0 Å². The average Bonchev–Trinajstić information content (AvgIpc) is 2.15. The van der Waals surface area contributed by atoms with Gasteiger partial charge in [0.05, 0.1) is 12.3 Å². The highest BCUT2D eigenvalue weighted by Gasteiger charge is 2.09. The number of hydroxylamine groups is 1. The van der Waals surface area contributed by atoms with E-state index in [0.29, 0.717) is 12.3 Å². The van der Waals surface area contributed by atoms with Crippen LogP contribution in [0.3, 0.4) is 0 Å². The summed E-state index contributed by atoms with van der Waals surface area (Å²) in [6.45, 7) is 2.17. The largest absolute Gasteiger partial charge is 0.397 e. The van der Waals surface area contributed by atoms with Crippen LogP contribution >= 0.6 is 0 Å². The number of nitrogen functional groups attached to an aromatic ring is 1. The van der Waals surface area contributed by atoms with E-state index in [-0.39, 0.29) is 5.69 Å². The first kappa shape index (κ1) is 9.47. The second-order valence-corrected chi connectivity index (χ2v) is 2.31. The Morgan fingerprint density at radius 3 is 3.15 bits per heavy atom. The minimum atomic E-state index is -0.431. The van der Waals surface area contributed by atoms with Gasteiger partial charge in [0.2, 0.25) is 0 Å². The molecule has 0 saturated heterocycles. The zero-order valence-electron chi connectivity index (χ0n) is 7.28. The molecule has 0 fully saturated rings. The number of nitrogens with two attached hydrogens (primary N) is 1. The molecule has 5 nitrogen and oxygen atoms in total. The Morgan fingerprint density at radius 2 is 2.54 bits per heavy atom. The van der Waals surface area contributed by atoms with Crippen LogP contribution in [0.25, 0.3) is 0 Å². The summed E-state index contributed by atoms with van der Waals surface area (Å²) in [5.41, 5.74) is 8.23. The maximum atomic E-state index is 11.2. The van der Waals surface area contributed by atoms with Gasteiger partial charge in [-0.1, -0.05) is 0 Å². The molecule has 0 aliphatic rings. The van der Waals surface area contributed by atoms with Gasteiger partial charge in [-0.25, -0.2) is 10.5 Å². The summed E-state index contributed by atoms with van der Waals surface area (Å²) in [4.78, 5) is 19.8. The maximum absolute atomic E-state index is 11.2. The highest BCUT2D eigenvalue weighted by Crippen LogP contribution is 2.05. The second kappa shape index (κ2) is 4.42. The van der Waals surface area contributed by atoms with E-state index in [1.165, 1.54) is 6.20 Å². The van der Waals surface area contributed by atoms with Crippen LogP contribution < -0.4 is 11.2 Å². The zero-order chi connectivity index (χ0) is 9.68. The van der Waals surface area contributed by atoms with Gasteiger partial charge in [-0.15, -0.1) is 0 Å². The molecule has 70 valence electrons. The summed E-state index contributed by atoms with van der Waals surface area (Å²) >= 11 is 0. The summed E-state index contributed by atoms with van der Waals surface area (Å²) in [5, 5.41) is 0. The summed E-state index contributed by atoms with van der Waals surface area (Å²) < 4.78 is 0. The topological polar surface area (TPSA) is 77.2 Å². The number of rotatable bonds is 3. The molecule has 1 aromatic heterocycles. The molecule has 0 aliphatic carbocycles. The van der Waals surface area contributed by atoms with Crippen molar-refractivity contribution in [3.63, 3.8) is 0 Å². The fraction of sp³-hybridized carbons (Fsp3) is 0.250. The van der Waals surface area contributed by atoms with Crippen LogP contribution in [-0.2, 0) is 4.84 Å². The molecular formula is C8H11N3O2. The van der Waals surface area contributed by atoms with Crippen molar-refractivity contribution in [3.05, 3.63) is 24.0 Å². The molecule has 1 rings (SSSR count). The Bertz CT molecular complexity index is 301. The lowest BCUT2D eigenvalue weighted by Gasteiger charge is -2.04. The first-order valence-corrected chi connectivity index (χ1v) is 3.88. The molecule has 0 unspecified atom stereocenters. The number of hydrogen-bond donors (Lipinski definition) is 2. The predicted octanol–water partition coefficient (Wildman–Crippen LogP) is 0.345. The molecule has 0 aromatic carbocycles. The van der Waals surface area contributed by atoms with Gasteiger partial charge in [-0.3, -0.25) is 9.63 Å².